The minimum Gasteiger partial charge on any atom is -0.480 e. The van der Waals surface area contributed by atoms with Crippen LogP contribution in [0.4, 0.5) is 0 Å². The minimum absolute atomic E-state index is 0.0604. The van der Waals surface area contributed by atoms with E-state index in [9.17, 15) is 0 Å². The van der Waals surface area contributed by atoms with Crippen molar-refractivity contribution in [1.29, 1.82) is 0 Å². The second-order valence-electron chi connectivity index (χ2n) is 4.91. The van der Waals surface area contributed by atoms with Crippen molar-refractivity contribution in [2.75, 3.05) is 20.8 Å². The molecule has 0 aliphatic carbocycles. The summed E-state index contributed by atoms with van der Waals surface area (Å²) < 4.78 is 12.2. The Balaban J connectivity index is 2.78. The van der Waals surface area contributed by atoms with E-state index in [2.05, 4.69) is 32.1 Å². The Kier molecular flexibility index (Phi) is 4.35. The third-order valence-corrected chi connectivity index (χ3v) is 2.46. The molecule has 0 bridgehead atoms. The van der Waals surface area contributed by atoms with Crippen molar-refractivity contribution in [1.82, 2.24) is 9.78 Å². The Morgan fingerprint density at radius 2 is 2.00 bits per heavy atom. The van der Waals surface area contributed by atoms with Crippen molar-refractivity contribution in [2.24, 2.45) is 0 Å². The van der Waals surface area contributed by atoms with Crippen LogP contribution in [0.3, 0.4) is 0 Å². The number of hydrogen-bond donors (Lipinski definition) is 0. The third-order valence-electron chi connectivity index (χ3n) is 2.46. The lowest BCUT2D eigenvalue weighted by molar-refractivity contribution is 0.188. The third kappa shape index (κ3) is 3.23. The standard InChI is InChI=1S/C12H22N2O2/c1-12(2,3)10-9-14(7-6-8-15-4)13-11(10)16-5/h9H,6-8H2,1-5H3. The van der Waals surface area contributed by atoms with Gasteiger partial charge in [0, 0.05) is 32.0 Å². The Morgan fingerprint density at radius 1 is 1.31 bits per heavy atom. The van der Waals surface area contributed by atoms with Crippen LogP contribution in [0.5, 0.6) is 5.88 Å². The largest absolute Gasteiger partial charge is 0.480 e. The fraction of sp³-hybridized carbons (Fsp3) is 0.750. The highest BCUT2D eigenvalue weighted by Gasteiger charge is 2.22. The molecule has 92 valence electrons. The smallest absolute Gasteiger partial charge is 0.236 e. The van der Waals surface area contributed by atoms with Crippen LogP contribution >= 0.6 is 0 Å². The van der Waals surface area contributed by atoms with E-state index < -0.39 is 0 Å². The van der Waals surface area contributed by atoms with E-state index in [1.165, 1.54) is 0 Å². The molecule has 4 heteroatoms. The van der Waals surface area contributed by atoms with Crippen LogP contribution in [0.15, 0.2) is 6.20 Å². The number of aromatic nitrogens is 2. The zero-order valence-electron chi connectivity index (χ0n) is 10.9. The lowest BCUT2D eigenvalue weighted by Crippen LogP contribution is -2.11. The quantitative estimate of drug-likeness (QED) is 0.722. The van der Waals surface area contributed by atoms with Crippen LogP contribution in [0.1, 0.15) is 32.8 Å². The molecule has 16 heavy (non-hydrogen) atoms. The summed E-state index contributed by atoms with van der Waals surface area (Å²) in [4.78, 5) is 0. The molecule has 0 atom stereocenters. The normalized spacial score (nSPS) is 11.8. The van der Waals surface area contributed by atoms with Crippen LogP contribution in [-0.2, 0) is 16.7 Å². The summed E-state index contributed by atoms with van der Waals surface area (Å²) >= 11 is 0. The van der Waals surface area contributed by atoms with Crippen LogP contribution in [0, 0.1) is 0 Å². The van der Waals surface area contributed by atoms with E-state index in [0.29, 0.717) is 0 Å². The lowest BCUT2D eigenvalue weighted by atomic mass is 9.89. The molecule has 0 spiro atoms. The average Bonchev–Trinajstić information content (AvgIpc) is 2.61. The maximum Gasteiger partial charge on any atom is 0.236 e. The number of ether oxygens (including phenoxy) is 2. The van der Waals surface area contributed by atoms with Gasteiger partial charge in [0.1, 0.15) is 0 Å². The zero-order valence-corrected chi connectivity index (χ0v) is 10.9. The molecule has 0 N–H and O–H groups in total. The molecule has 1 rings (SSSR count). The predicted octanol–water partition coefficient (Wildman–Crippen LogP) is 2.23. The SMILES string of the molecule is COCCCn1cc(C(C)(C)C)c(OC)n1. The fourth-order valence-electron chi connectivity index (χ4n) is 1.55. The Labute approximate surface area is 97.6 Å². The fourth-order valence-corrected chi connectivity index (χ4v) is 1.55. The van der Waals surface area contributed by atoms with E-state index in [0.717, 1.165) is 31.0 Å². The van der Waals surface area contributed by atoms with Crippen molar-refractivity contribution >= 4 is 0 Å². The van der Waals surface area contributed by atoms with E-state index in [-0.39, 0.29) is 5.41 Å². The molecule has 1 aromatic rings. The molecule has 1 aromatic heterocycles. The van der Waals surface area contributed by atoms with Gasteiger partial charge in [-0.05, 0) is 11.8 Å². The highest BCUT2D eigenvalue weighted by Crippen LogP contribution is 2.29. The first-order valence-corrected chi connectivity index (χ1v) is 5.60. The van der Waals surface area contributed by atoms with Gasteiger partial charge in [-0.2, -0.15) is 0 Å². The summed E-state index contributed by atoms with van der Waals surface area (Å²) in [6.45, 7) is 8.09. The van der Waals surface area contributed by atoms with Gasteiger partial charge in [0.05, 0.1) is 7.11 Å². The first-order chi connectivity index (χ1) is 7.49. The Hall–Kier alpha value is -1.03. The molecule has 0 fully saturated rings. The summed E-state index contributed by atoms with van der Waals surface area (Å²) in [5, 5.41) is 4.41. The van der Waals surface area contributed by atoms with Gasteiger partial charge in [-0.15, -0.1) is 5.10 Å². The molecule has 0 saturated carbocycles. The number of nitrogens with zero attached hydrogens (tertiary/aromatic N) is 2. The maximum atomic E-state index is 5.30. The topological polar surface area (TPSA) is 36.3 Å². The molecular weight excluding hydrogens is 204 g/mol. The Morgan fingerprint density at radius 3 is 2.44 bits per heavy atom. The molecule has 0 aromatic carbocycles. The molecule has 0 aliphatic heterocycles. The summed E-state index contributed by atoms with van der Waals surface area (Å²) in [5.74, 6) is 0.727. The summed E-state index contributed by atoms with van der Waals surface area (Å²) in [5.41, 5.74) is 1.21. The maximum absolute atomic E-state index is 5.30. The van der Waals surface area contributed by atoms with E-state index >= 15 is 0 Å². The van der Waals surface area contributed by atoms with Crippen LogP contribution in [-0.4, -0.2) is 30.6 Å². The molecule has 0 unspecified atom stereocenters. The second kappa shape index (κ2) is 5.34. The molecule has 4 nitrogen and oxygen atoms in total. The van der Waals surface area contributed by atoms with Crippen molar-refractivity contribution in [3.05, 3.63) is 11.8 Å². The predicted molar refractivity (Wildman–Crippen MR) is 64.0 cm³/mol. The first kappa shape index (κ1) is 13.0. The zero-order chi connectivity index (χ0) is 12.2. The molecular formula is C12H22N2O2. The number of hydrogen-bond acceptors (Lipinski definition) is 3. The van der Waals surface area contributed by atoms with Gasteiger partial charge in [-0.1, -0.05) is 20.8 Å². The lowest BCUT2D eigenvalue weighted by Gasteiger charge is -2.16. The average molecular weight is 226 g/mol. The van der Waals surface area contributed by atoms with Crippen molar-refractivity contribution < 1.29 is 9.47 Å². The van der Waals surface area contributed by atoms with Crippen LogP contribution < -0.4 is 4.74 Å². The highest BCUT2D eigenvalue weighted by molar-refractivity contribution is 5.30. The Bertz CT molecular complexity index is 326. The van der Waals surface area contributed by atoms with Gasteiger partial charge in [0.2, 0.25) is 5.88 Å². The molecule has 0 saturated heterocycles. The van der Waals surface area contributed by atoms with Crippen molar-refractivity contribution in [2.45, 2.75) is 39.2 Å². The highest BCUT2D eigenvalue weighted by atomic mass is 16.5. The van der Waals surface area contributed by atoms with Gasteiger partial charge in [0.15, 0.2) is 0 Å². The van der Waals surface area contributed by atoms with Gasteiger partial charge in [-0.3, -0.25) is 4.68 Å². The molecule has 1 heterocycles. The number of aryl methyl sites for hydroxylation is 1. The van der Waals surface area contributed by atoms with E-state index in [1.807, 2.05) is 4.68 Å². The number of methoxy groups -OCH3 is 2. The molecule has 0 radical (unpaired) electrons. The van der Waals surface area contributed by atoms with Gasteiger partial charge < -0.3 is 9.47 Å². The number of rotatable bonds is 5. The van der Waals surface area contributed by atoms with Crippen LogP contribution in [0.2, 0.25) is 0 Å². The minimum atomic E-state index is 0.0604. The van der Waals surface area contributed by atoms with Gasteiger partial charge in [0.25, 0.3) is 0 Å². The summed E-state index contributed by atoms with van der Waals surface area (Å²) in [6, 6.07) is 0. The van der Waals surface area contributed by atoms with Gasteiger partial charge >= 0.3 is 0 Å². The summed E-state index contributed by atoms with van der Waals surface area (Å²) in [7, 11) is 3.38. The molecule has 0 aliphatic rings. The van der Waals surface area contributed by atoms with Crippen molar-refractivity contribution in [3.8, 4) is 5.88 Å². The molecule has 0 amide bonds. The second-order valence-corrected chi connectivity index (χ2v) is 4.91. The van der Waals surface area contributed by atoms with E-state index in [1.54, 1.807) is 14.2 Å². The monoisotopic (exact) mass is 226 g/mol. The summed E-state index contributed by atoms with van der Waals surface area (Å²) in [6.07, 6.45) is 3.03. The van der Waals surface area contributed by atoms with E-state index in [4.69, 9.17) is 9.47 Å². The van der Waals surface area contributed by atoms with Crippen molar-refractivity contribution in [3.63, 3.8) is 0 Å². The van der Waals surface area contributed by atoms with Crippen LogP contribution in [0.25, 0.3) is 0 Å². The first-order valence-electron chi connectivity index (χ1n) is 5.60. The van der Waals surface area contributed by atoms with Gasteiger partial charge in [-0.25, -0.2) is 0 Å².